The van der Waals surface area contributed by atoms with Crippen LogP contribution in [0.1, 0.15) is 21.5 Å². The summed E-state index contributed by atoms with van der Waals surface area (Å²) in [7, 11) is 0. The van der Waals surface area contributed by atoms with Gasteiger partial charge in [0.2, 0.25) is 5.78 Å². The first-order chi connectivity index (χ1) is 13.9. The van der Waals surface area contributed by atoms with Crippen LogP contribution in [0.5, 0.6) is 11.5 Å². The van der Waals surface area contributed by atoms with Gasteiger partial charge in [0.05, 0.1) is 11.1 Å². The van der Waals surface area contributed by atoms with Gasteiger partial charge in [-0.25, -0.2) is 8.78 Å². The minimum Gasteiger partial charge on any atom is -0.489 e. The molecule has 0 saturated carbocycles. The number of Topliss-reactive ketones (excluding diaryl/α,β-unsaturated/α-hetero) is 1. The molecule has 1 heterocycles. The van der Waals surface area contributed by atoms with Crippen LogP contribution < -0.4 is 9.47 Å². The summed E-state index contributed by atoms with van der Waals surface area (Å²) < 4.78 is 38.6. The number of allylic oxidation sites excluding steroid dienone is 1. The third-order valence-corrected chi connectivity index (χ3v) is 4.90. The lowest BCUT2D eigenvalue weighted by atomic mass is 10.1. The van der Waals surface area contributed by atoms with Gasteiger partial charge in [0.15, 0.2) is 5.76 Å². The number of carbonyl (C=O) groups excluding carboxylic acids is 1. The Kier molecular flexibility index (Phi) is 5.26. The molecule has 0 N–H and O–H groups in total. The van der Waals surface area contributed by atoms with E-state index in [1.54, 1.807) is 18.2 Å². The van der Waals surface area contributed by atoms with Gasteiger partial charge in [0, 0.05) is 16.1 Å². The second kappa shape index (κ2) is 7.85. The first-order valence-electron chi connectivity index (χ1n) is 8.51. The molecular weight excluding hydrogens is 421 g/mol. The van der Waals surface area contributed by atoms with Crippen molar-refractivity contribution >= 4 is 35.1 Å². The molecule has 0 amide bonds. The van der Waals surface area contributed by atoms with Crippen LogP contribution in [0.4, 0.5) is 8.78 Å². The molecule has 1 aliphatic heterocycles. The number of rotatable bonds is 4. The highest BCUT2D eigenvalue weighted by Gasteiger charge is 2.28. The van der Waals surface area contributed by atoms with E-state index in [1.807, 2.05) is 0 Å². The Labute approximate surface area is 175 Å². The smallest absolute Gasteiger partial charge is 0.231 e. The molecule has 0 fully saturated rings. The predicted molar refractivity (Wildman–Crippen MR) is 107 cm³/mol. The maximum Gasteiger partial charge on any atom is 0.231 e. The van der Waals surface area contributed by atoms with Crippen LogP contribution in [-0.2, 0) is 6.61 Å². The summed E-state index contributed by atoms with van der Waals surface area (Å²) in [5.74, 6) is -0.993. The molecule has 3 aromatic rings. The standard InChI is InChI=1S/C22H12Cl2F2O3/c23-13-5-4-12(17(24)9-13)8-21-22(27)15-7-6-14(10-20(15)29-21)28-11-16-18(25)2-1-3-19(16)26/h1-10H,11H2/b21-8-. The van der Waals surface area contributed by atoms with Crippen molar-refractivity contribution in [3.8, 4) is 11.5 Å². The first-order valence-corrected chi connectivity index (χ1v) is 9.27. The first kappa shape index (κ1) is 19.4. The zero-order chi connectivity index (χ0) is 20.5. The molecule has 0 bridgehead atoms. The van der Waals surface area contributed by atoms with E-state index in [4.69, 9.17) is 32.7 Å². The number of benzene rings is 3. The van der Waals surface area contributed by atoms with Crippen molar-refractivity contribution in [2.45, 2.75) is 6.61 Å². The molecule has 1 aliphatic rings. The Bertz CT molecular complexity index is 1140. The van der Waals surface area contributed by atoms with Crippen LogP contribution in [-0.4, -0.2) is 5.78 Å². The Balaban J connectivity index is 1.55. The maximum atomic E-state index is 13.7. The van der Waals surface area contributed by atoms with E-state index in [0.29, 0.717) is 26.9 Å². The minimum absolute atomic E-state index is 0.0986. The number of hydrogen-bond donors (Lipinski definition) is 0. The molecule has 0 atom stereocenters. The molecule has 0 radical (unpaired) electrons. The van der Waals surface area contributed by atoms with Gasteiger partial charge < -0.3 is 9.47 Å². The van der Waals surface area contributed by atoms with Gasteiger partial charge in [0.25, 0.3) is 0 Å². The summed E-state index contributed by atoms with van der Waals surface area (Å²) in [6, 6.07) is 13.1. The second-order valence-electron chi connectivity index (χ2n) is 6.25. The van der Waals surface area contributed by atoms with Crippen LogP contribution in [0, 0.1) is 11.6 Å². The number of carbonyl (C=O) groups is 1. The van der Waals surface area contributed by atoms with E-state index in [1.165, 1.54) is 30.3 Å². The molecule has 29 heavy (non-hydrogen) atoms. The average molecular weight is 433 g/mol. The third kappa shape index (κ3) is 3.97. The summed E-state index contributed by atoms with van der Waals surface area (Å²) in [5, 5.41) is 0.862. The Morgan fingerprint density at radius 1 is 1.00 bits per heavy atom. The van der Waals surface area contributed by atoms with Crippen LogP contribution in [0.2, 0.25) is 10.0 Å². The van der Waals surface area contributed by atoms with E-state index in [2.05, 4.69) is 0 Å². The van der Waals surface area contributed by atoms with Crippen LogP contribution in [0.25, 0.3) is 6.08 Å². The highest BCUT2D eigenvalue weighted by Crippen LogP contribution is 2.36. The van der Waals surface area contributed by atoms with Gasteiger partial charge in [0.1, 0.15) is 29.7 Å². The summed E-state index contributed by atoms with van der Waals surface area (Å²) in [5.41, 5.74) is 0.757. The van der Waals surface area contributed by atoms with Gasteiger partial charge in [-0.15, -0.1) is 0 Å². The van der Waals surface area contributed by atoms with Gasteiger partial charge >= 0.3 is 0 Å². The molecule has 0 aliphatic carbocycles. The lowest BCUT2D eigenvalue weighted by Gasteiger charge is -2.09. The van der Waals surface area contributed by atoms with E-state index in [-0.39, 0.29) is 29.5 Å². The van der Waals surface area contributed by atoms with Crippen molar-refractivity contribution in [3.63, 3.8) is 0 Å². The number of ether oxygens (including phenoxy) is 2. The predicted octanol–water partition coefficient (Wildman–Crippen LogP) is 6.47. The Hall–Kier alpha value is -2.89. The maximum absolute atomic E-state index is 13.7. The molecule has 0 unspecified atom stereocenters. The minimum atomic E-state index is -0.692. The molecule has 4 rings (SSSR count). The van der Waals surface area contributed by atoms with Gasteiger partial charge in [-0.05, 0) is 48.0 Å². The largest absolute Gasteiger partial charge is 0.489 e. The highest BCUT2D eigenvalue weighted by atomic mass is 35.5. The SMILES string of the molecule is O=C1/C(=C/c2ccc(Cl)cc2Cl)Oc2cc(OCc3c(F)cccc3F)ccc21. The Morgan fingerprint density at radius 3 is 2.48 bits per heavy atom. The van der Waals surface area contributed by atoms with Crippen LogP contribution >= 0.6 is 23.2 Å². The van der Waals surface area contributed by atoms with Crippen molar-refractivity contribution < 1.29 is 23.0 Å². The number of hydrogen-bond acceptors (Lipinski definition) is 3. The van der Waals surface area contributed by atoms with Crippen LogP contribution in [0.3, 0.4) is 0 Å². The lowest BCUT2D eigenvalue weighted by Crippen LogP contribution is -2.01. The molecular formula is C22H12Cl2F2O3. The van der Waals surface area contributed by atoms with E-state index in [9.17, 15) is 13.6 Å². The van der Waals surface area contributed by atoms with Crippen molar-refractivity contribution in [2.75, 3.05) is 0 Å². The topological polar surface area (TPSA) is 35.5 Å². The molecule has 3 aromatic carbocycles. The normalized spacial score (nSPS) is 14.1. The van der Waals surface area contributed by atoms with Crippen molar-refractivity contribution in [2.24, 2.45) is 0 Å². The number of ketones is 1. The Morgan fingerprint density at radius 2 is 1.76 bits per heavy atom. The van der Waals surface area contributed by atoms with Gasteiger partial charge in [-0.1, -0.05) is 35.3 Å². The van der Waals surface area contributed by atoms with Crippen molar-refractivity contribution in [1.29, 1.82) is 0 Å². The summed E-state index contributed by atoms with van der Waals surface area (Å²) in [6.45, 7) is -0.297. The summed E-state index contributed by atoms with van der Waals surface area (Å²) in [6.07, 6.45) is 1.52. The number of fused-ring (bicyclic) bond motifs is 1. The van der Waals surface area contributed by atoms with E-state index < -0.39 is 11.6 Å². The molecule has 0 aromatic heterocycles. The van der Waals surface area contributed by atoms with Crippen molar-refractivity contribution in [1.82, 2.24) is 0 Å². The number of halogens is 4. The van der Waals surface area contributed by atoms with Gasteiger partial charge in [-0.3, -0.25) is 4.79 Å². The van der Waals surface area contributed by atoms with Gasteiger partial charge in [-0.2, -0.15) is 0 Å². The van der Waals surface area contributed by atoms with Crippen LogP contribution in [0.15, 0.2) is 60.4 Å². The second-order valence-corrected chi connectivity index (χ2v) is 7.10. The lowest BCUT2D eigenvalue weighted by molar-refractivity contribution is 0.101. The third-order valence-electron chi connectivity index (χ3n) is 4.34. The fourth-order valence-electron chi connectivity index (χ4n) is 2.84. The van der Waals surface area contributed by atoms with Crippen molar-refractivity contribution in [3.05, 3.63) is 98.7 Å². The molecule has 146 valence electrons. The molecule has 3 nitrogen and oxygen atoms in total. The van der Waals surface area contributed by atoms with E-state index >= 15 is 0 Å². The zero-order valence-electron chi connectivity index (χ0n) is 14.7. The molecule has 7 heteroatoms. The summed E-state index contributed by atoms with van der Waals surface area (Å²) in [4.78, 5) is 12.6. The summed E-state index contributed by atoms with van der Waals surface area (Å²) >= 11 is 12.0. The van der Waals surface area contributed by atoms with E-state index in [0.717, 1.165) is 12.1 Å². The fourth-order valence-corrected chi connectivity index (χ4v) is 3.31. The molecule has 0 spiro atoms. The monoisotopic (exact) mass is 432 g/mol. The molecule has 0 saturated heterocycles. The zero-order valence-corrected chi connectivity index (χ0v) is 16.2. The fraction of sp³-hybridized carbons (Fsp3) is 0.0455. The highest BCUT2D eigenvalue weighted by molar-refractivity contribution is 6.35. The average Bonchev–Trinajstić information content (AvgIpc) is 2.99. The quantitative estimate of drug-likeness (QED) is 0.443.